The molecule has 1 saturated carbocycles. The number of rotatable bonds is 7. The second-order valence-corrected chi connectivity index (χ2v) is 6.64. The molecule has 0 spiro atoms. The van der Waals surface area contributed by atoms with Crippen LogP contribution in [0.25, 0.3) is 0 Å². The van der Waals surface area contributed by atoms with Crippen molar-refractivity contribution in [2.24, 2.45) is 0 Å². The first-order valence-electron chi connectivity index (χ1n) is 8.77. The average molecular weight is 323 g/mol. The quantitative estimate of drug-likeness (QED) is 0.775. The Labute approximate surface area is 144 Å². The Morgan fingerprint density at radius 1 is 0.958 bits per heavy atom. The molecular weight excluding hydrogens is 298 g/mol. The van der Waals surface area contributed by atoms with Crippen LogP contribution in [0.5, 0.6) is 5.75 Å². The minimum absolute atomic E-state index is 0.0805. The third kappa shape index (κ3) is 3.97. The Bertz CT molecular complexity index is 631. The summed E-state index contributed by atoms with van der Waals surface area (Å²) in [4.78, 5) is 10.8. The van der Waals surface area contributed by atoms with E-state index in [0.29, 0.717) is 6.61 Å². The molecule has 1 amide bonds. The van der Waals surface area contributed by atoms with Crippen LogP contribution in [0.4, 0.5) is 0 Å². The molecule has 1 N–H and O–H groups in total. The fourth-order valence-electron chi connectivity index (χ4n) is 3.68. The molecule has 1 aliphatic carbocycles. The molecule has 3 rings (SSSR count). The van der Waals surface area contributed by atoms with Crippen LogP contribution in [-0.4, -0.2) is 13.0 Å². The third-order valence-electron chi connectivity index (χ3n) is 5.05. The van der Waals surface area contributed by atoms with E-state index < -0.39 is 0 Å². The van der Waals surface area contributed by atoms with Crippen molar-refractivity contribution >= 4 is 6.41 Å². The normalized spacial score (nSPS) is 16.3. The summed E-state index contributed by atoms with van der Waals surface area (Å²) in [5.41, 5.74) is 2.56. The van der Waals surface area contributed by atoms with Gasteiger partial charge < -0.3 is 10.1 Å². The summed E-state index contributed by atoms with van der Waals surface area (Å²) in [5.74, 6) is 0.886. The molecule has 0 heterocycles. The largest absolute Gasteiger partial charge is 0.489 e. The summed E-state index contributed by atoms with van der Waals surface area (Å²) in [6, 6.07) is 18.6. The zero-order valence-electron chi connectivity index (χ0n) is 14.0. The molecule has 3 heteroatoms. The Kier molecular flexibility index (Phi) is 5.52. The van der Waals surface area contributed by atoms with E-state index in [2.05, 4.69) is 41.7 Å². The molecule has 24 heavy (non-hydrogen) atoms. The molecule has 0 saturated heterocycles. The van der Waals surface area contributed by atoms with Crippen LogP contribution in [0.15, 0.2) is 54.6 Å². The minimum Gasteiger partial charge on any atom is -0.489 e. The SMILES string of the molecule is O=CNCC1(c2ccc(OCc3ccccc3)cc2)CCCCC1. The number of amides is 1. The van der Waals surface area contributed by atoms with Crippen LogP contribution < -0.4 is 10.1 Å². The van der Waals surface area contributed by atoms with Gasteiger partial charge in [0.25, 0.3) is 0 Å². The van der Waals surface area contributed by atoms with E-state index in [1.165, 1.54) is 30.4 Å². The van der Waals surface area contributed by atoms with Gasteiger partial charge in [0.2, 0.25) is 6.41 Å². The first-order valence-corrected chi connectivity index (χ1v) is 8.77. The summed E-state index contributed by atoms with van der Waals surface area (Å²) in [5, 5.41) is 2.91. The van der Waals surface area contributed by atoms with Crippen molar-refractivity contribution in [2.75, 3.05) is 6.54 Å². The van der Waals surface area contributed by atoms with Crippen LogP contribution >= 0.6 is 0 Å². The maximum Gasteiger partial charge on any atom is 0.207 e. The number of ether oxygens (including phenoxy) is 1. The zero-order chi connectivity index (χ0) is 16.7. The van der Waals surface area contributed by atoms with Gasteiger partial charge in [-0.3, -0.25) is 4.79 Å². The van der Waals surface area contributed by atoms with Crippen molar-refractivity contribution in [2.45, 2.75) is 44.1 Å². The van der Waals surface area contributed by atoms with Crippen molar-refractivity contribution in [3.63, 3.8) is 0 Å². The molecule has 0 unspecified atom stereocenters. The summed E-state index contributed by atoms with van der Waals surface area (Å²) in [6.07, 6.45) is 6.84. The van der Waals surface area contributed by atoms with Gasteiger partial charge >= 0.3 is 0 Å². The van der Waals surface area contributed by atoms with Crippen molar-refractivity contribution in [1.29, 1.82) is 0 Å². The van der Waals surface area contributed by atoms with Gasteiger partial charge in [0.05, 0.1) is 0 Å². The predicted molar refractivity (Wildman–Crippen MR) is 96.0 cm³/mol. The van der Waals surface area contributed by atoms with Crippen LogP contribution in [0, 0.1) is 0 Å². The molecule has 0 bridgehead atoms. The van der Waals surface area contributed by atoms with Crippen LogP contribution in [-0.2, 0) is 16.8 Å². The highest BCUT2D eigenvalue weighted by Gasteiger charge is 2.33. The first kappa shape index (κ1) is 16.6. The Morgan fingerprint density at radius 3 is 2.33 bits per heavy atom. The van der Waals surface area contributed by atoms with E-state index >= 15 is 0 Å². The van der Waals surface area contributed by atoms with Gasteiger partial charge in [-0.25, -0.2) is 0 Å². The monoisotopic (exact) mass is 323 g/mol. The fourth-order valence-corrected chi connectivity index (χ4v) is 3.68. The molecule has 1 fully saturated rings. The Balaban J connectivity index is 1.68. The highest BCUT2D eigenvalue weighted by Crippen LogP contribution is 2.39. The Hall–Kier alpha value is -2.29. The minimum atomic E-state index is 0.0805. The van der Waals surface area contributed by atoms with E-state index in [9.17, 15) is 4.79 Å². The number of benzene rings is 2. The maximum absolute atomic E-state index is 10.8. The van der Waals surface area contributed by atoms with Crippen LogP contribution in [0.1, 0.15) is 43.2 Å². The molecule has 0 atom stereocenters. The molecular formula is C21H25NO2. The van der Waals surface area contributed by atoms with E-state index in [0.717, 1.165) is 31.5 Å². The van der Waals surface area contributed by atoms with Crippen molar-refractivity contribution in [1.82, 2.24) is 5.32 Å². The number of carbonyl (C=O) groups is 1. The molecule has 126 valence electrons. The van der Waals surface area contributed by atoms with Crippen LogP contribution in [0.3, 0.4) is 0 Å². The summed E-state index contributed by atoms with van der Waals surface area (Å²) in [7, 11) is 0. The highest BCUT2D eigenvalue weighted by molar-refractivity contribution is 5.47. The maximum atomic E-state index is 10.8. The van der Waals surface area contributed by atoms with Gasteiger partial charge in [-0.1, -0.05) is 61.7 Å². The Morgan fingerprint density at radius 2 is 1.67 bits per heavy atom. The van der Waals surface area contributed by atoms with Gasteiger partial charge in [-0.2, -0.15) is 0 Å². The molecule has 2 aromatic carbocycles. The zero-order valence-corrected chi connectivity index (χ0v) is 14.0. The first-order chi connectivity index (χ1) is 11.8. The summed E-state index contributed by atoms with van der Waals surface area (Å²) in [6.45, 7) is 1.30. The summed E-state index contributed by atoms with van der Waals surface area (Å²) < 4.78 is 5.88. The lowest BCUT2D eigenvalue weighted by atomic mass is 9.69. The van der Waals surface area contributed by atoms with Gasteiger partial charge in [-0.15, -0.1) is 0 Å². The van der Waals surface area contributed by atoms with Gasteiger partial charge in [0.15, 0.2) is 0 Å². The van der Waals surface area contributed by atoms with Crippen LogP contribution in [0.2, 0.25) is 0 Å². The highest BCUT2D eigenvalue weighted by atomic mass is 16.5. The molecule has 2 aromatic rings. The lowest BCUT2D eigenvalue weighted by Crippen LogP contribution is -2.39. The van der Waals surface area contributed by atoms with Crippen molar-refractivity contribution in [3.05, 3.63) is 65.7 Å². The smallest absolute Gasteiger partial charge is 0.207 e. The number of hydrogen-bond donors (Lipinski definition) is 1. The lowest BCUT2D eigenvalue weighted by molar-refractivity contribution is -0.109. The fraction of sp³-hybridized carbons (Fsp3) is 0.381. The molecule has 1 aliphatic rings. The number of nitrogens with one attached hydrogen (secondary N) is 1. The molecule has 0 aliphatic heterocycles. The topological polar surface area (TPSA) is 38.3 Å². The molecule has 0 radical (unpaired) electrons. The predicted octanol–water partition coefficient (Wildman–Crippen LogP) is 4.21. The van der Waals surface area contributed by atoms with Gasteiger partial charge in [0.1, 0.15) is 12.4 Å². The van der Waals surface area contributed by atoms with Gasteiger partial charge in [-0.05, 0) is 36.1 Å². The van der Waals surface area contributed by atoms with E-state index in [1.807, 2.05) is 18.2 Å². The standard InChI is InChI=1S/C21H25NO2/c23-17-22-16-21(13-5-2-6-14-21)19-9-11-20(12-10-19)24-15-18-7-3-1-4-8-18/h1,3-4,7-12,17H,2,5-6,13-16H2,(H,22,23). The third-order valence-corrected chi connectivity index (χ3v) is 5.05. The van der Waals surface area contributed by atoms with Crippen molar-refractivity contribution in [3.8, 4) is 5.75 Å². The number of hydrogen-bond acceptors (Lipinski definition) is 2. The lowest BCUT2D eigenvalue weighted by Gasteiger charge is -2.37. The van der Waals surface area contributed by atoms with E-state index in [-0.39, 0.29) is 5.41 Å². The van der Waals surface area contributed by atoms with Crippen molar-refractivity contribution < 1.29 is 9.53 Å². The average Bonchev–Trinajstić information content (AvgIpc) is 2.67. The van der Waals surface area contributed by atoms with E-state index in [1.54, 1.807) is 0 Å². The van der Waals surface area contributed by atoms with Gasteiger partial charge in [0, 0.05) is 12.0 Å². The second-order valence-electron chi connectivity index (χ2n) is 6.64. The summed E-state index contributed by atoms with van der Waals surface area (Å²) >= 11 is 0. The molecule has 0 aromatic heterocycles. The number of carbonyl (C=O) groups excluding carboxylic acids is 1. The second kappa shape index (κ2) is 8.00. The molecule has 3 nitrogen and oxygen atoms in total. The van der Waals surface area contributed by atoms with E-state index in [4.69, 9.17) is 4.74 Å².